The summed E-state index contributed by atoms with van der Waals surface area (Å²) in [5.41, 5.74) is -3.30. The fourth-order valence-electron chi connectivity index (χ4n) is 1.43. The summed E-state index contributed by atoms with van der Waals surface area (Å²) in [4.78, 5) is 0.198. The number of hydrogen-bond donors (Lipinski definition) is 1. The number of nitrogens with one attached hydrogen (secondary N) is 1. The van der Waals surface area contributed by atoms with Crippen LogP contribution < -0.4 is 5.32 Å². The van der Waals surface area contributed by atoms with Crippen LogP contribution in [0.4, 0.5) is 13.2 Å². The smallest absolute Gasteiger partial charge is 0.382 e. The first-order valence-corrected chi connectivity index (χ1v) is 6.95. The lowest BCUT2D eigenvalue weighted by molar-refractivity contribution is -0.0328. The van der Waals surface area contributed by atoms with E-state index in [9.17, 15) is 13.2 Å². The highest BCUT2D eigenvalue weighted by atomic mass is 32.2. The summed E-state index contributed by atoms with van der Waals surface area (Å²) in [6, 6.07) is 6.33. The monoisotopic (exact) mass is 309 g/mol. The Hall–Kier alpha value is -0.760. The summed E-state index contributed by atoms with van der Waals surface area (Å²) in [6.45, 7) is 2.98. The number of benzene rings is 1. The molecule has 7 heteroatoms. The van der Waals surface area contributed by atoms with Crippen molar-refractivity contribution in [2.45, 2.75) is 16.9 Å². The summed E-state index contributed by atoms with van der Waals surface area (Å²) in [5, 5.41) is 3.15. The highest BCUT2D eigenvalue weighted by molar-refractivity contribution is 8.00. The van der Waals surface area contributed by atoms with Crippen molar-refractivity contribution in [3.05, 3.63) is 29.8 Å². The minimum Gasteiger partial charge on any atom is -0.382 e. The maximum absolute atomic E-state index is 12.1. The van der Waals surface area contributed by atoms with Crippen LogP contribution in [0.5, 0.6) is 0 Å². The van der Waals surface area contributed by atoms with Crippen LogP contribution in [0.1, 0.15) is 5.56 Å². The molecule has 0 aromatic heterocycles. The summed E-state index contributed by atoms with van der Waals surface area (Å²) in [7, 11) is 1.61. The fraction of sp³-hybridized carbons (Fsp3) is 0.538. The molecular formula is C13H18F3NO2S. The first-order chi connectivity index (χ1) is 9.51. The first kappa shape index (κ1) is 17.3. The molecule has 0 aliphatic carbocycles. The van der Waals surface area contributed by atoms with E-state index in [-0.39, 0.29) is 16.7 Å². The maximum atomic E-state index is 12.1. The molecule has 1 aromatic carbocycles. The van der Waals surface area contributed by atoms with E-state index in [0.29, 0.717) is 32.9 Å². The molecule has 3 nitrogen and oxygen atoms in total. The van der Waals surface area contributed by atoms with Crippen LogP contribution in [0.3, 0.4) is 0 Å². The van der Waals surface area contributed by atoms with Crippen molar-refractivity contribution in [2.75, 3.05) is 33.5 Å². The molecule has 0 aliphatic heterocycles. The molecule has 1 aromatic rings. The van der Waals surface area contributed by atoms with E-state index >= 15 is 0 Å². The molecule has 0 saturated carbocycles. The van der Waals surface area contributed by atoms with Crippen molar-refractivity contribution < 1.29 is 22.6 Å². The van der Waals surface area contributed by atoms with E-state index in [1.165, 1.54) is 12.1 Å². The van der Waals surface area contributed by atoms with Gasteiger partial charge in [0.15, 0.2) is 0 Å². The Morgan fingerprint density at radius 1 is 1.10 bits per heavy atom. The summed E-state index contributed by atoms with van der Waals surface area (Å²) >= 11 is -0.103. The Kier molecular flexibility index (Phi) is 7.98. The topological polar surface area (TPSA) is 30.5 Å². The zero-order chi connectivity index (χ0) is 14.8. The molecule has 0 unspecified atom stereocenters. The number of ether oxygens (including phenoxy) is 2. The van der Waals surface area contributed by atoms with Crippen molar-refractivity contribution in [1.82, 2.24) is 5.32 Å². The van der Waals surface area contributed by atoms with Crippen molar-refractivity contribution in [3.63, 3.8) is 0 Å². The van der Waals surface area contributed by atoms with Gasteiger partial charge in [-0.2, -0.15) is 13.2 Å². The Morgan fingerprint density at radius 3 is 2.40 bits per heavy atom. The van der Waals surface area contributed by atoms with E-state index in [2.05, 4.69) is 5.32 Å². The largest absolute Gasteiger partial charge is 0.446 e. The van der Waals surface area contributed by atoms with Crippen LogP contribution in [0.15, 0.2) is 29.2 Å². The number of hydrogen-bond acceptors (Lipinski definition) is 4. The molecule has 0 amide bonds. The van der Waals surface area contributed by atoms with Gasteiger partial charge in [0.1, 0.15) is 0 Å². The number of methoxy groups -OCH3 is 1. The molecule has 114 valence electrons. The zero-order valence-electron chi connectivity index (χ0n) is 11.2. The third-order valence-corrected chi connectivity index (χ3v) is 3.08. The first-order valence-electron chi connectivity index (χ1n) is 6.13. The normalized spacial score (nSPS) is 11.8. The molecule has 0 fully saturated rings. The molecule has 0 radical (unpaired) electrons. The van der Waals surface area contributed by atoms with Gasteiger partial charge in [-0.05, 0) is 29.5 Å². The third-order valence-electron chi connectivity index (χ3n) is 2.34. The van der Waals surface area contributed by atoms with E-state index in [4.69, 9.17) is 9.47 Å². The molecule has 0 saturated heterocycles. The van der Waals surface area contributed by atoms with Gasteiger partial charge in [0.25, 0.3) is 0 Å². The maximum Gasteiger partial charge on any atom is 0.446 e. The van der Waals surface area contributed by atoms with E-state index < -0.39 is 5.51 Å². The van der Waals surface area contributed by atoms with Crippen molar-refractivity contribution >= 4 is 11.8 Å². The van der Waals surface area contributed by atoms with Crippen molar-refractivity contribution in [1.29, 1.82) is 0 Å². The zero-order valence-corrected chi connectivity index (χ0v) is 12.0. The van der Waals surface area contributed by atoms with Gasteiger partial charge >= 0.3 is 5.51 Å². The average molecular weight is 309 g/mol. The SMILES string of the molecule is COCCOCCNCc1ccc(SC(F)(F)F)cc1. The van der Waals surface area contributed by atoms with Gasteiger partial charge in [0.05, 0.1) is 19.8 Å². The second-order valence-electron chi connectivity index (χ2n) is 3.97. The highest BCUT2D eigenvalue weighted by Gasteiger charge is 2.28. The second kappa shape index (κ2) is 9.23. The van der Waals surface area contributed by atoms with Crippen LogP contribution in [-0.2, 0) is 16.0 Å². The summed E-state index contributed by atoms with van der Waals surface area (Å²) in [5.74, 6) is 0. The fourth-order valence-corrected chi connectivity index (χ4v) is 1.97. The van der Waals surface area contributed by atoms with Gasteiger partial charge in [-0.3, -0.25) is 0 Å². The van der Waals surface area contributed by atoms with E-state index in [0.717, 1.165) is 5.56 Å². The van der Waals surface area contributed by atoms with Gasteiger partial charge in [0, 0.05) is 25.1 Å². The van der Waals surface area contributed by atoms with Gasteiger partial charge in [-0.15, -0.1) is 0 Å². The summed E-state index contributed by atoms with van der Waals surface area (Å²) < 4.78 is 46.5. The second-order valence-corrected chi connectivity index (χ2v) is 5.11. The molecule has 0 atom stereocenters. The minimum atomic E-state index is -4.24. The predicted molar refractivity (Wildman–Crippen MR) is 72.8 cm³/mol. The standard InChI is InChI=1S/C13H18F3NO2S/c1-18-8-9-19-7-6-17-10-11-2-4-12(5-3-11)20-13(14,15)16/h2-5,17H,6-10H2,1H3. The summed E-state index contributed by atoms with van der Waals surface area (Å²) in [6.07, 6.45) is 0. The van der Waals surface area contributed by atoms with Gasteiger partial charge in [-0.25, -0.2) is 0 Å². The Balaban J connectivity index is 2.18. The molecule has 0 bridgehead atoms. The number of halogens is 3. The van der Waals surface area contributed by atoms with Crippen molar-refractivity contribution in [2.24, 2.45) is 0 Å². The van der Waals surface area contributed by atoms with Crippen molar-refractivity contribution in [3.8, 4) is 0 Å². The van der Waals surface area contributed by atoms with Gasteiger partial charge < -0.3 is 14.8 Å². The number of rotatable bonds is 9. The molecule has 0 heterocycles. The molecule has 1 rings (SSSR count). The van der Waals surface area contributed by atoms with Crippen LogP contribution in [0.25, 0.3) is 0 Å². The van der Waals surface area contributed by atoms with Gasteiger partial charge in [0.2, 0.25) is 0 Å². The van der Waals surface area contributed by atoms with Gasteiger partial charge in [-0.1, -0.05) is 12.1 Å². The molecule has 0 aliphatic rings. The molecule has 0 spiro atoms. The third kappa shape index (κ3) is 8.42. The molecule has 20 heavy (non-hydrogen) atoms. The Morgan fingerprint density at radius 2 is 1.80 bits per heavy atom. The number of thioether (sulfide) groups is 1. The quantitative estimate of drug-likeness (QED) is 0.561. The molecular weight excluding hydrogens is 291 g/mol. The van der Waals surface area contributed by atoms with Crippen LogP contribution in [-0.4, -0.2) is 39.0 Å². The lowest BCUT2D eigenvalue weighted by Gasteiger charge is -2.08. The van der Waals surface area contributed by atoms with Crippen LogP contribution in [0, 0.1) is 0 Å². The Bertz CT molecular complexity index is 371. The predicted octanol–water partition coefficient (Wildman–Crippen LogP) is 3.05. The lowest BCUT2D eigenvalue weighted by atomic mass is 10.2. The molecule has 1 N–H and O–H groups in total. The van der Waals surface area contributed by atoms with Crippen LogP contribution >= 0.6 is 11.8 Å². The van der Waals surface area contributed by atoms with E-state index in [1.807, 2.05) is 0 Å². The lowest BCUT2D eigenvalue weighted by Crippen LogP contribution is -2.20. The van der Waals surface area contributed by atoms with E-state index in [1.54, 1.807) is 19.2 Å². The minimum absolute atomic E-state index is 0.103. The Labute approximate surface area is 120 Å². The average Bonchev–Trinajstić information content (AvgIpc) is 2.38. The highest BCUT2D eigenvalue weighted by Crippen LogP contribution is 2.36. The number of alkyl halides is 3. The van der Waals surface area contributed by atoms with Crippen LogP contribution in [0.2, 0.25) is 0 Å².